The number of allylic oxidation sites excluding steroid dienone is 1. The third-order valence-electron chi connectivity index (χ3n) is 3.24. The molecule has 0 saturated carbocycles. The van der Waals surface area contributed by atoms with E-state index >= 15 is 0 Å². The molecule has 8 heteroatoms. The quantitative estimate of drug-likeness (QED) is 0.599. The van der Waals surface area contributed by atoms with Crippen molar-refractivity contribution in [2.45, 2.75) is 6.42 Å². The zero-order valence-corrected chi connectivity index (χ0v) is 14.3. The van der Waals surface area contributed by atoms with Gasteiger partial charge in [0.25, 0.3) is 0 Å². The molecule has 126 valence electrons. The van der Waals surface area contributed by atoms with Crippen LogP contribution in [0.4, 0.5) is 0 Å². The van der Waals surface area contributed by atoms with E-state index in [1.807, 2.05) is 0 Å². The Bertz CT molecular complexity index is 815. The van der Waals surface area contributed by atoms with E-state index in [2.05, 4.69) is 11.7 Å². The molecule has 0 aliphatic heterocycles. The molecule has 1 N–H and O–H groups in total. The van der Waals surface area contributed by atoms with E-state index in [-0.39, 0.29) is 27.1 Å². The van der Waals surface area contributed by atoms with Crippen molar-refractivity contribution in [2.75, 3.05) is 6.61 Å². The second-order valence-electron chi connectivity index (χ2n) is 4.88. The van der Waals surface area contributed by atoms with Gasteiger partial charge in [0.05, 0.1) is 5.02 Å². The standard InChI is InChI=1S/C16H14Cl2N2O4/c1-3-4-9-7-10(15(23)11-5-6-19-20(11)2)13(17)14(18)16(9)24-8-12(21)22/h3,5-7H,1,4,8H2,2H3,(H,21,22). The number of hydrogen-bond donors (Lipinski definition) is 1. The Labute approximate surface area is 148 Å². The molecule has 0 saturated heterocycles. The summed E-state index contributed by atoms with van der Waals surface area (Å²) in [5.74, 6) is -1.37. The van der Waals surface area contributed by atoms with Gasteiger partial charge in [-0.2, -0.15) is 5.10 Å². The van der Waals surface area contributed by atoms with Crippen LogP contribution < -0.4 is 4.74 Å². The molecule has 2 aromatic rings. The first-order valence-corrected chi connectivity index (χ1v) is 7.61. The van der Waals surface area contributed by atoms with Crippen molar-refractivity contribution in [2.24, 2.45) is 7.05 Å². The number of carboxylic acid groups (broad SMARTS) is 1. The van der Waals surface area contributed by atoms with Crippen molar-refractivity contribution in [1.29, 1.82) is 0 Å². The Kier molecular flexibility index (Phi) is 5.64. The Morgan fingerprint density at radius 3 is 2.67 bits per heavy atom. The average molecular weight is 369 g/mol. The number of carboxylic acids is 1. The fourth-order valence-electron chi connectivity index (χ4n) is 2.16. The third kappa shape index (κ3) is 3.60. The lowest BCUT2D eigenvalue weighted by Crippen LogP contribution is -2.13. The first-order valence-electron chi connectivity index (χ1n) is 6.85. The van der Waals surface area contributed by atoms with E-state index in [1.54, 1.807) is 19.2 Å². The number of aliphatic carboxylic acids is 1. The van der Waals surface area contributed by atoms with E-state index in [0.717, 1.165) is 0 Å². The zero-order chi connectivity index (χ0) is 17.9. The first kappa shape index (κ1) is 18.0. The van der Waals surface area contributed by atoms with E-state index < -0.39 is 12.6 Å². The summed E-state index contributed by atoms with van der Waals surface area (Å²) in [6, 6.07) is 3.09. The fourth-order valence-corrected chi connectivity index (χ4v) is 2.66. The van der Waals surface area contributed by atoms with Gasteiger partial charge in [0.15, 0.2) is 6.61 Å². The summed E-state index contributed by atoms with van der Waals surface area (Å²) in [4.78, 5) is 23.4. The van der Waals surface area contributed by atoms with Crippen LogP contribution in [-0.4, -0.2) is 33.2 Å². The molecule has 0 spiro atoms. The van der Waals surface area contributed by atoms with Crippen LogP contribution >= 0.6 is 23.2 Å². The molecule has 24 heavy (non-hydrogen) atoms. The molecule has 0 amide bonds. The minimum atomic E-state index is -1.15. The highest BCUT2D eigenvalue weighted by atomic mass is 35.5. The minimum absolute atomic E-state index is 0.00364. The number of benzene rings is 1. The van der Waals surface area contributed by atoms with Gasteiger partial charge >= 0.3 is 5.97 Å². The molecular formula is C16H14Cl2N2O4. The van der Waals surface area contributed by atoms with Crippen molar-refractivity contribution in [1.82, 2.24) is 9.78 Å². The van der Waals surface area contributed by atoms with Crippen LogP contribution in [-0.2, 0) is 18.3 Å². The summed E-state index contributed by atoms with van der Waals surface area (Å²) in [7, 11) is 1.64. The van der Waals surface area contributed by atoms with Crippen LogP contribution in [0, 0.1) is 0 Å². The molecular weight excluding hydrogens is 355 g/mol. The number of carbonyl (C=O) groups excluding carboxylic acids is 1. The molecule has 0 aliphatic rings. The summed E-state index contributed by atoms with van der Waals surface area (Å²) in [5.41, 5.74) is 1.05. The van der Waals surface area contributed by atoms with Crippen molar-refractivity contribution in [3.05, 3.63) is 57.9 Å². The lowest BCUT2D eigenvalue weighted by atomic mass is 10.0. The summed E-state index contributed by atoms with van der Waals surface area (Å²) < 4.78 is 6.64. The maximum absolute atomic E-state index is 12.7. The highest BCUT2D eigenvalue weighted by molar-refractivity contribution is 6.45. The summed E-state index contributed by atoms with van der Waals surface area (Å²) in [5, 5.41) is 12.7. The number of aromatic nitrogens is 2. The van der Waals surface area contributed by atoms with Gasteiger partial charge in [0.1, 0.15) is 16.5 Å². The SMILES string of the molecule is C=CCc1cc(C(=O)c2ccnn2C)c(Cl)c(Cl)c1OCC(=O)O. The topological polar surface area (TPSA) is 81.4 Å². The van der Waals surface area contributed by atoms with Crippen molar-refractivity contribution in [3.8, 4) is 5.75 Å². The average Bonchev–Trinajstić information content (AvgIpc) is 2.95. The molecule has 0 atom stereocenters. The van der Waals surface area contributed by atoms with Gasteiger partial charge in [-0.1, -0.05) is 29.3 Å². The number of rotatable bonds is 7. The van der Waals surface area contributed by atoms with E-state index in [4.69, 9.17) is 33.0 Å². The van der Waals surface area contributed by atoms with Crippen molar-refractivity contribution >= 4 is 35.0 Å². The monoisotopic (exact) mass is 368 g/mol. The largest absolute Gasteiger partial charge is 0.480 e. The van der Waals surface area contributed by atoms with Crippen LogP contribution in [0.25, 0.3) is 0 Å². The van der Waals surface area contributed by atoms with Gasteiger partial charge < -0.3 is 9.84 Å². The first-order chi connectivity index (χ1) is 11.4. The van der Waals surface area contributed by atoms with E-state index in [9.17, 15) is 9.59 Å². The molecule has 0 fully saturated rings. The highest BCUT2D eigenvalue weighted by Gasteiger charge is 2.23. The van der Waals surface area contributed by atoms with Crippen LogP contribution in [0.3, 0.4) is 0 Å². The second kappa shape index (κ2) is 7.51. The van der Waals surface area contributed by atoms with Gasteiger partial charge in [0, 0.05) is 24.4 Å². The predicted octanol–water partition coefficient (Wildman–Crippen LogP) is 3.15. The molecule has 0 bridgehead atoms. The molecule has 1 heterocycles. The molecule has 0 radical (unpaired) electrons. The molecule has 0 aliphatic carbocycles. The molecule has 6 nitrogen and oxygen atoms in total. The summed E-state index contributed by atoms with van der Waals surface area (Å²) in [6.07, 6.45) is 3.42. The van der Waals surface area contributed by atoms with Gasteiger partial charge in [-0.05, 0) is 18.6 Å². The van der Waals surface area contributed by atoms with E-state index in [0.29, 0.717) is 17.7 Å². The van der Waals surface area contributed by atoms with Crippen LogP contribution in [0.15, 0.2) is 31.0 Å². The van der Waals surface area contributed by atoms with Crippen molar-refractivity contribution < 1.29 is 19.4 Å². The van der Waals surface area contributed by atoms with Crippen LogP contribution in [0.1, 0.15) is 21.6 Å². The Morgan fingerprint density at radius 2 is 2.12 bits per heavy atom. The summed E-state index contributed by atoms with van der Waals surface area (Å²) in [6.45, 7) is 3.06. The third-order valence-corrected chi connectivity index (χ3v) is 4.09. The Morgan fingerprint density at radius 1 is 1.42 bits per heavy atom. The van der Waals surface area contributed by atoms with Crippen molar-refractivity contribution in [3.63, 3.8) is 0 Å². The van der Waals surface area contributed by atoms with Crippen LogP contribution in [0.2, 0.25) is 10.0 Å². The number of carbonyl (C=O) groups is 2. The fraction of sp³-hybridized carbons (Fsp3) is 0.188. The van der Waals surface area contributed by atoms with E-state index in [1.165, 1.54) is 16.9 Å². The van der Waals surface area contributed by atoms with Gasteiger partial charge in [-0.25, -0.2) is 4.79 Å². The van der Waals surface area contributed by atoms with Crippen LogP contribution in [0.5, 0.6) is 5.75 Å². The van der Waals surface area contributed by atoms with Gasteiger partial charge in [0.2, 0.25) is 5.78 Å². The molecule has 1 aromatic heterocycles. The normalized spacial score (nSPS) is 10.5. The Balaban J connectivity index is 2.54. The number of halogens is 2. The Hall–Kier alpha value is -2.31. The number of aryl methyl sites for hydroxylation is 1. The molecule has 0 unspecified atom stereocenters. The van der Waals surface area contributed by atoms with Gasteiger partial charge in [-0.3, -0.25) is 9.48 Å². The number of nitrogens with zero attached hydrogens (tertiary/aromatic N) is 2. The second-order valence-corrected chi connectivity index (χ2v) is 5.64. The summed E-state index contributed by atoms with van der Waals surface area (Å²) >= 11 is 12.4. The number of hydrogen-bond acceptors (Lipinski definition) is 4. The molecule has 2 rings (SSSR count). The lowest BCUT2D eigenvalue weighted by Gasteiger charge is -2.15. The number of ketones is 1. The van der Waals surface area contributed by atoms with Gasteiger partial charge in [-0.15, -0.1) is 6.58 Å². The maximum Gasteiger partial charge on any atom is 0.341 e. The lowest BCUT2D eigenvalue weighted by molar-refractivity contribution is -0.139. The predicted molar refractivity (Wildman–Crippen MR) is 90.1 cm³/mol. The number of ether oxygens (including phenoxy) is 1. The maximum atomic E-state index is 12.7. The molecule has 1 aromatic carbocycles. The smallest absolute Gasteiger partial charge is 0.341 e. The highest BCUT2D eigenvalue weighted by Crippen LogP contribution is 2.39. The zero-order valence-electron chi connectivity index (χ0n) is 12.8. The minimum Gasteiger partial charge on any atom is -0.480 e.